The van der Waals surface area contributed by atoms with E-state index in [9.17, 15) is 0 Å². The van der Waals surface area contributed by atoms with Crippen molar-refractivity contribution in [3.63, 3.8) is 0 Å². The van der Waals surface area contributed by atoms with E-state index in [1.54, 1.807) is 4.68 Å². The normalized spacial score (nSPS) is 15.6. The molecule has 2 aromatic heterocycles. The molecule has 0 bridgehead atoms. The topological polar surface area (TPSA) is 51.4 Å². The molecule has 0 unspecified atom stereocenters. The fraction of sp³-hybridized carbons (Fsp3) is 0.500. The van der Waals surface area contributed by atoms with Crippen LogP contribution in [0.5, 0.6) is 0 Å². The minimum Gasteiger partial charge on any atom is -0.299 e. The minimum absolute atomic E-state index is 0.602. The first-order valence-corrected chi connectivity index (χ1v) is 5.77. The smallest absolute Gasteiger partial charge is 0.195 e. The summed E-state index contributed by atoms with van der Waals surface area (Å²) in [4.78, 5) is 0. The molecule has 1 aliphatic rings. The molecule has 0 aliphatic heterocycles. The molecule has 1 saturated carbocycles. The van der Waals surface area contributed by atoms with E-state index in [0.29, 0.717) is 10.7 Å². The lowest BCUT2D eigenvalue weighted by Crippen LogP contribution is -2.03. The predicted molar refractivity (Wildman–Crippen MR) is 61.7 cm³/mol. The molecule has 1 fully saturated rings. The third kappa shape index (κ3) is 1.69. The van der Waals surface area contributed by atoms with Crippen LogP contribution in [-0.4, -0.2) is 24.5 Å². The van der Waals surface area contributed by atoms with Gasteiger partial charge in [0.05, 0.1) is 12.7 Å². The molecule has 0 spiro atoms. The van der Waals surface area contributed by atoms with Crippen LogP contribution in [0.4, 0.5) is 0 Å². The van der Waals surface area contributed by atoms with Crippen molar-refractivity contribution in [2.45, 2.75) is 25.3 Å². The van der Waals surface area contributed by atoms with Gasteiger partial charge in [0.25, 0.3) is 0 Å². The molecule has 0 aromatic carbocycles. The highest BCUT2D eigenvalue weighted by Gasteiger charge is 2.29. The fourth-order valence-corrected chi connectivity index (χ4v) is 2.08. The van der Waals surface area contributed by atoms with Gasteiger partial charge in [-0.15, -0.1) is 0 Å². The number of nitrogens with one attached hydrogen (secondary N) is 1. The summed E-state index contributed by atoms with van der Waals surface area (Å²) in [5.41, 5.74) is 1.15. The first-order valence-electron chi connectivity index (χ1n) is 5.36. The van der Waals surface area contributed by atoms with E-state index < -0.39 is 0 Å². The van der Waals surface area contributed by atoms with Gasteiger partial charge >= 0.3 is 0 Å². The third-order valence-electron chi connectivity index (χ3n) is 2.83. The largest absolute Gasteiger partial charge is 0.299 e. The highest BCUT2D eigenvalue weighted by molar-refractivity contribution is 7.71. The summed E-state index contributed by atoms with van der Waals surface area (Å²) in [6.07, 6.45) is 6.33. The quantitative estimate of drug-likeness (QED) is 0.822. The number of rotatable bonds is 3. The zero-order chi connectivity index (χ0) is 11.1. The van der Waals surface area contributed by atoms with Crippen molar-refractivity contribution in [1.82, 2.24) is 24.5 Å². The van der Waals surface area contributed by atoms with E-state index >= 15 is 0 Å². The van der Waals surface area contributed by atoms with Crippen LogP contribution >= 0.6 is 12.2 Å². The second-order valence-electron chi connectivity index (χ2n) is 4.27. The van der Waals surface area contributed by atoms with Gasteiger partial charge in [0.15, 0.2) is 4.77 Å². The second-order valence-corrected chi connectivity index (χ2v) is 4.66. The molecule has 3 rings (SSSR count). The first-order chi connectivity index (χ1) is 7.74. The Balaban J connectivity index is 1.93. The molecular weight excluding hydrogens is 222 g/mol. The van der Waals surface area contributed by atoms with Gasteiger partial charge in [0.2, 0.25) is 0 Å². The molecule has 0 amide bonds. The molecule has 0 saturated heterocycles. The summed E-state index contributed by atoms with van der Waals surface area (Å²) in [7, 11) is 1.92. The van der Waals surface area contributed by atoms with Crippen molar-refractivity contribution in [2.24, 2.45) is 7.05 Å². The lowest BCUT2D eigenvalue weighted by atomic mass is 10.3. The summed E-state index contributed by atoms with van der Waals surface area (Å²) in [5.74, 6) is 1.69. The van der Waals surface area contributed by atoms with E-state index in [4.69, 9.17) is 12.2 Å². The number of nitrogens with zero attached hydrogens (tertiary/aromatic N) is 4. The molecule has 16 heavy (non-hydrogen) atoms. The number of hydrogen-bond donors (Lipinski definition) is 1. The Kier molecular flexibility index (Phi) is 2.17. The molecule has 0 radical (unpaired) electrons. The zero-order valence-corrected chi connectivity index (χ0v) is 9.87. The van der Waals surface area contributed by atoms with Gasteiger partial charge in [-0.2, -0.15) is 10.2 Å². The standard InChI is InChI=1S/C10H13N5S/c1-14-5-7(4-11-14)6-15-9(8-2-3-8)12-13-10(15)16/h4-5,8H,2-3,6H2,1H3,(H,13,16). The number of H-pyrrole nitrogens is 1. The minimum atomic E-state index is 0.602. The van der Waals surface area contributed by atoms with E-state index in [0.717, 1.165) is 17.9 Å². The van der Waals surface area contributed by atoms with Crippen LogP contribution < -0.4 is 0 Å². The number of hydrogen-bond acceptors (Lipinski definition) is 3. The van der Waals surface area contributed by atoms with Crippen LogP contribution in [0.1, 0.15) is 30.1 Å². The first kappa shape index (κ1) is 9.77. The summed E-state index contributed by atoms with van der Waals surface area (Å²) in [6.45, 7) is 0.759. The van der Waals surface area contributed by atoms with Gasteiger partial charge in [-0.1, -0.05) is 0 Å². The molecule has 2 heterocycles. The van der Waals surface area contributed by atoms with Crippen LogP contribution in [0, 0.1) is 4.77 Å². The van der Waals surface area contributed by atoms with Gasteiger partial charge < -0.3 is 0 Å². The second kappa shape index (κ2) is 3.55. The number of aromatic nitrogens is 5. The number of aryl methyl sites for hydroxylation is 1. The Morgan fingerprint density at radius 2 is 2.38 bits per heavy atom. The predicted octanol–water partition coefficient (Wildman–Crippen LogP) is 1.60. The maximum absolute atomic E-state index is 5.24. The van der Waals surface area contributed by atoms with Crippen molar-refractivity contribution in [3.05, 3.63) is 28.6 Å². The van der Waals surface area contributed by atoms with Gasteiger partial charge in [-0.3, -0.25) is 14.3 Å². The van der Waals surface area contributed by atoms with Crippen molar-refractivity contribution in [1.29, 1.82) is 0 Å². The van der Waals surface area contributed by atoms with E-state index in [1.165, 1.54) is 12.8 Å². The Hall–Kier alpha value is -1.43. The monoisotopic (exact) mass is 235 g/mol. The third-order valence-corrected chi connectivity index (χ3v) is 3.14. The number of aromatic amines is 1. The molecule has 5 nitrogen and oxygen atoms in total. The molecule has 6 heteroatoms. The molecular formula is C10H13N5S. The molecule has 1 aliphatic carbocycles. The lowest BCUT2D eigenvalue weighted by molar-refractivity contribution is 0.716. The Labute approximate surface area is 98.1 Å². The van der Waals surface area contributed by atoms with Crippen molar-refractivity contribution < 1.29 is 0 Å². The maximum atomic E-state index is 5.24. The van der Waals surface area contributed by atoms with Crippen LogP contribution in [0.15, 0.2) is 12.4 Å². The highest BCUT2D eigenvalue weighted by atomic mass is 32.1. The van der Waals surface area contributed by atoms with Crippen LogP contribution in [0.25, 0.3) is 0 Å². The molecule has 84 valence electrons. The van der Waals surface area contributed by atoms with Gasteiger partial charge in [0.1, 0.15) is 5.82 Å². The molecule has 2 aromatic rings. The van der Waals surface area contributed by atoms with Crippen molar-refractivity contribution in [2.75, 3.05) is 0 Å². The SMILES string of the molecule is Cn1cc(Cn2c(C3CC3)n[nH]c2=S)cn1. The summed E-state index contributed by atoms with van der Waals surface area (Å²) in [5, 5.41) is 11.3. The van der Waals surface area contributed by atoms with Crippen LogP contribution in [-0.2, 0) is 13.6 Å². The van der Waals surface area contributed by atoms with Crippen LogP contribution in [0.2, 0.25) is 0 Å². The summed E-state index contributed by atoms with van der Waals surface area (Å²) < 4.78 is 4.57. The van der Waals surface area contributed by atoms with Crippen molar-refractivity contribution in [3.8, 4) is 0 Å². The molecule has 1 N–H and O–H groups in total. The zero-order valence-electron chi connectivity index (χ0n) is 9.05. The van der Waals surface area contributed by atoms with E-state index in [2.05, 4.69) is 19.9 Å². The van der Waals surface area contributed by atoms with Gasteiger partial charge in [-0.05, 0) is 25.1 Å². The van der Waals surface area contributed by atoms with Gasteiger partial charge in [-0.25, -0.2) is 0 Å². The van der Waals surface area contributed by atoms with Crippen LogP contribution in [0.3, 0.4) is 0 Å². The maximum Gasteiger partial charge on any atom is 0.195 e. The Morgan fingerprint density at radius 3 is 3.00 bits per heavy atom. The summed E-state index contributed by atoms with van der Waals surface area (Å²) >= 11 is 5.24. The average molecular weight is 235 g/mol. The van der Waals surface area contributed by atoms with E-state index in [-0.39, 0.29) is 0 Å². The lowest BCUT2D eigenvalue weighted by Gasteiger charge is -2.03. The van der Waals surface area contributed by atoms with E-state index in [1.807, 2.05) is 19.4 Å². The van der Waals surface area contributed by atoms with Crippen molar-refractivity contribution >= 4 is 12.2 Å². The summed E-state index contributed by atoms with van der Waals surface area (Å²) in [6, 6.07) is 0. The Bertz CT molecular complexity index is 560. The average Bonchev–Trinajstić information content (AvgIpc) is 2.93. The molecule has 0 atom stereocenters. The fourth-order valence-electron chi connectivity index (χ4n) is 1.87. The highest BCUT2D eigenvalue weighted by Crippen LogP contribution is 2.38. The van der Waals surface area contributed by atoms with Gasteiger partial charge in [0, 0.05) is 24.7 Å². The Morgan fingerprint density at radius 1 is 1.56 bits per heavy atom.